The minimum absolute atomic E-state index is 0.472. The molecule has 0 radical (unpaired) electrons. The zero-order valence-electron chi connectivity index (χ0n) is 13.4. The molecule has 0 bridgehead atoms. The van der Waals surface area contributed by atoms with E-state index >= 15 is 0 Å². The molecule has 1 aromatic carbocycles. The first-order valence-electron chi connectivity index (χ1n) is 7.50. The van der Waals surface area contributed by atoms with Crippen LogP contribution in [0.4, 0.5) is 5.69 Å². The average Bonchev–Trinajstić information content (AvgIpc) is 2.48. The van der Waals surface area contributed by atoms with E-state index in [1.165, 1.54) is 16.8 Å². The van der Waals surface area contributed by atoms with Crippen LogP contribution in [-0.4, -0.2) is 18.1 Å². The van der Waals surface area contributed by atoms with Gasteiger partial charge in [-0.05, 0) is 30.2 Å². The molecule has 0 aliphatic carbocycles. The zero-order chi connectivity index (χ0) is 15.2. The molecule has 21 heavy (non-hydrogen) atoms. The largest absolute Gasteiger partial charge is 0.370 e. The molecule has 1 N–H and O–H groups in total. The lowest BCUT2D eigenvalue weighted by Gasteiger charge is -2.21. The maximum Gasteiger partial charge on any atom is 0.0562 e. The van der Waals surface area contributed by atoms with E-state index in [9.17, 15) is 0 Å². The fourth-order valence-electron chi connectivity index (χ4n) is 2.24. The van der Waals surface area contributed by atoms with E-state index < -0.39 is 0 Å². The summed E-state index contributed by atoms with van der Waals surface area (Å²) in [4.78, 5) is 6.70. The first kappa shape index (κ1) is 15.5. The number of hydrogen-bond acceptors (Lipinski definition) is 3. The molecule has 112 valence electrons. The van der Waals surface area contributed by atoms with Gasteiger partial charge in [0, 0.05) is 38.1 Å². The molecule has 1 aromatic heterocycles. The number of pyridine rings is 1. The molecule has 0 unspecified atom stereocenters. The van der Waals surface area contributed by atoms with Crippen LogP contribution in [0, 0.1) is 6.92 Å². The van der Waals surface area contributed by atoms with Crippen LogP contribution in [0.5, 0.6) is 0 Å². The Hall–Kier alpha value is -1.87. The minimum atomic E-state index is 0.472. The van der Waals surface area contributed by atoms with E-state index in [1.54, 1.807) is 0 Å². The highest BCUT2D eigenvalue weighted by Gasteiger charge is 2.06. The number of aromatic nitrogens is 1. The normalized spacial score (nSPS) is 10.9. The van der Waals surface area contributed by atoms with Crippen LogP contribution >= 0.6 is 0 Å². The molecule has 0 aliphatic heterocycles. The van der Waals surface area contributed by atoms with Gasteiger partial charge in [-0.25, -0.2) is 0 Å². The third-order valence-corrected chi connectivity index (χ3v) is 3.60. The molecule has 0 aliphatic rings. The van der Waals surface area contributed by atoms with Gasteiger partial charge in [0.2, 0.25) is 0 Å². The molecular formula is C18H25N3. The van der Waals surface area contributed by atoms with Gasteiger partial charge in [0.05, 0.1) is 5.69 Å². The van der Waals surface area contributed by atoms with Gasteiger partial charge in [-0.3, -0.25) is 4.98 Å². The van der Waals surface area contributed by atoms with Crippen molar-refractivity contribution < 1.29 is 0 Å². The fourth-order valence-corrected chi connectivity index (χ4v) is 2.24. The summed E-state index contributed by atoms with van der Waals surface area (Å²) < 4.78 is 0. The SMILES string of the molecule is Cc1ccccc1CN(C)c1ccnc(CNC(C)C)c1. The molecule has 2 rings (SSSR count). The summed E-state index contributed by atoms with van der Waals surface area (Å²) in [5.41, 5.74) is 4.98. The van der Waals surface area contributed by atoms with Crippen molar-refractivity contribution in [2.24, 2.45) is 0 Å². The number of nitrogens with one attached hydrogen (secondary N) is 1. The maximum atomic E-state index is 4.43. The Kier molecular flexibility index (Phi) is 5.34. The Balaban J connectivity index is 2.07. The summed E-state index contributed by atoms with van der Waals surface area (Å²) in [5.74, 6) is 0. The van der Waals surface area contributed by atoms with E-state index in [0.717, 1.165) is 18.8 Å². The molecule has 3 nitrogen and oxygen atoms in total. The predicted octanol–water partition coefficient (Wildman–Crippen LogP) is 3.52. The molecule has 0 spiro atoms. The van der Waals surface area contributed by atoms with Gasteiger partial charge in [0.1, 0.15) is 0 Å². The van der Waals surface area contributed by atoms with Crippen molar-refractivity contribution in [1.29, 1.82) is 0 Å². The van der Waals surface area contributed by atoms with Gasteiger partial charge in [0.25, 0.3) is 0 Å². The van der Waals surface area contributed by atoms with E-state index in [1.807, 2.05) is 6.20 Å². The highest BCUT2D eigenvalue weighted by Crippen LogP contribution is 2.17. The Bertz CT molecular complexity index is 578. The average molecular weight is 283 g/mol. The van der Waals surface area contributed by atoms with Crippen LogP contribution in [0.25, 0.3) is 0 Å². The molecule has 2 aromatic rings. The number of benzene rings is 1. The first-order valence-corrected chi connectivity index (χ1v) is 7.50. The maximum absolute atomic E-state index is 4.43. The van der Waals surface area contributed by atoms with Gasteiger partial charge in [-0.15, -0.1) is 0 Å². The number of aryl methyl sites for hydroxylation is 1. The number of anilines is 1. The van der Waals surface area contributed by atoms with Crippen molar-refractivity contribution in [2.45, 2.75) is 39.9 Å². The number of rotatable bonds is 6. The van der Waals surface area contributed by atoms with Crippen molar-refractivity contribution in [3.8, 4) is 0 Å². The van der Waals surface area contributed by atoms with Crippen LogP contribution in [0.3, 0.4) is 0 Å². The Morgan fingerprint density at radius 2 is 1.95 bits per heavy atom. The Morgan fingerprint density at radius 1 is 1.19 bits per heavy atom. The van der Waals surface area contributed by atoms with Gasteiger partial charge in [-0.2, -0.15) is 0 Å². The van der Waals surface area contributed by atoms with Crippen molar-refractivity contribution in [2.75, 3.05) is 11.9 Å². The molecule has 1 heterocycles. The summed E-state index contributed by atoms with van der Waals surface area (Å²) in [6.07, 6.45) is 1.89. The molecule has 0 amide bonds. The second-order valence-corrected chi connectivity index (χ2v) is 5.82. The van der Waals surface area contributed by atoms with Crippen LogP contribution in [0.2, 0.25) is 0 Å². The van der Waals surface area contributed by atoms with Gasteiger partial charge in [0.15, 0.2) is 0 Å². The summed E-state index contributed by atoms with van der Waals surface area (Å²) in [7, 11) is 2.13. The molecular weight excluding hydrogens is 258 g/mol. The Labute approximate surface area is 128 Å². The van der Waals surface area contributed by atoms with Crippen molar-refractivity contribution in [1.82, 2.24) is 10.3 Å². The number of nitrogens with zero attached hydrogens (tertiary/aromatic N) is 2. The smallest absolute Gasteiger partial charge is 0.0562 e. The van der Waals surface area contributed by atoms with E-state index in [0.29, 0.717) is 6.04 Å². The summed E-state index contributed by atoms with van der Waals surface area (Å²) in [6.45, 7) is 8.17. The lowest BCUT2D eigenvalue weighted by Crippen LogP contribution is -2.23. The van der Waals surface area contributed by atoms with Gasteiger partial charge >= 0.3 is 0 Å². The highest BCUT2D eigenvalue weighted by atomic mass is 15.1. The highest BCUT2D eigenvalue weighted by molar-refractivity contribution is 5.47. The standard InChI is InChI=1S/C18H25N3/c1-14(2)20-12-17-11-18(9-10-19-17)21(4)13-16-8-6-5-7-15(16)3/h5-11,14,20H,12-13H2,1-4H3. The quantitative estimate of drug-likeness (QED) is 0.879. The third-order valence-electron chi connectivity index (χ3n) is 3.60. The van der Waals surface area contributed by atoms with Crippen molar-refractivity contribution in [3.05, 3.63) is 59.4 Å². The second kappa shape index (κ2) is 7.23. The summed E-state index contributed by atoms with van der Waals surface area (Å²) in [5, 5.41) is 3.41. The van der Waals surface area contributed by atoms with Crippen LogP contribution in [0.15, 0.2) is 42.6 Å². The topological polar surface area (TPSA) is 28.2 Å². The summed E-state index contributed by atoms with van der Waals surface area (Å²) in [6, 6.07) is 13.2. The van der Waals surface area contributed by atoms with E-state index in [-0.39, 0.29) is 0 Å². The second-order valence-electron chi connectivity index (χ2n) is 5.82. The lowest BCUT2D eigenvalue weighted by atomic mass is 10.1. The van der Waals surface area contributed by atoms with Gasteiger partial charge in [-0.1, -0.05) is 38.1 Å². The van der Waals surface area contributed by atoms with Gasteiger partial charge < -0.3 is 10.2 Å². The first-order chi connectivity index (χ1) is 10.1. The fraction of sp³-hybridized carbons (Fsp3) is 0.389. The molecule has 0 saturated carbocycles. The Morgan fingerprint density at radius 3 is 2.67 bits per heavy atom. The minimum Gasteiger partial charge on any atom is -0.370 e. The van der Waals surface area contributed by atoms with Crippen LogP contribution in [-0.2, 0) is 13.1 Å². The molecule has 0 fully saturated rings. The van der Waals surface area contributed by atoms with Crippen LogP contribution in [0.1, 0.15) is 30.7 Å². The predicted molar refractivity (Wildman–Crippen MR) is 89.5 cm³/mol. The lowest BCUT2D eigenvalue weighted by molar-refractivity contribution is 0.581. The van der Waals surface area contributed by atoms with Crippen molar-refractivity contribution >= 4 is 5.69 Å². The third kappa shape index (κ3) is 4.57. The monoisotopic (exact) mass is 283 g/mol. The zero-order valence-corrected chi connectivity index (χ0v) is 13.4. The number of hydrogen-bond donors (Lipinski definition) is 1. The van der Waals surface area contributed by atoms with E-state index in [2.05, 4.69) is 79.4 Å². The molecule has 0 atom stereocenters. The molecule has 0 saturated heterocycles. The van der Waals surface area contributed by atoms with Crippen LogP contribution < -0.4 is 10.2 Å². The van der Waals surface area contributed by atoms with Crippen molar-refractivity contribution in [3.63, 3.8) is 0 Å². The van der Waals surface area contributed by atoms with E-state index in [4.69, 9.17) is 0 Å². The molecule has 3 heteroatoms. The summed E-state index contributed by atoms with van der Waals surface area (Å²) >= 11 is 0.